The molecule has 0 aliphatic carbocycles. The highest BCUT2D eigenvalue weighted by Gasteiger charge is 2.22. The molecule has 1 atom stereocenters. The fraction of sp³-hybridized carbons (Fsp3) is 0.571. The van der Waals surface area contributed by atoms with E-state index in [4.69, 9.17) is 0 Å². The van der Waals surface area contributed by atoms with E-state index in [0.717, 1.165) is 11.2 Å². The van der Waals surface area contributed by atoms with Gasteiger partial charge in [0.25, 0.3) is 0 Å². The van der Waals surface area contributed by atoms with E-state index in [1.165, 1.54) is 6.92 Å². The lowest BCUT2D eigenvalue weighted by Crippen LogP contribution is -2.51. The van der Waals surface area contributed by atoms with Crippen LogP contribution in [-0.4, -0.2) is 39.0 Å². The van der Waals surface area contributed by atoms with Gasteiger partial charge in [0.1, 0.15) is 6.04 Å². The Morgan fingerprint density at radius 2 is 1.67 bits per heavy atom. The molecule has 0 radical (unpaired) electrons. The number of thiol groups is 2. The van der Waals surface area contributed by atoms with Crippen molar-refractivity contribution in [3.8, 4) is 0 Å². The summed E-state index contributed by atoms with van der Waals surface area (Å²) in [6.45, 7) is 2.08. The van der Waals surface area contributed by atoms with Crippen LogP contribution < -0.4 is 5.11 Å². The minimum absolute atomic E-state index is 0.288. The Bertz CT molecular complexity index is 284. The summed E-state index contributed by atoms with van der Waals surface area (Å²) in [6.07, 6.45) is 0. The Morgan fingerprint density at radius 1 is 1.20 bits per heavy atom. The summed E-state index contributed by atoms with van der Waals surface area (Å²) in [5.41, 5.74) is 0. The molecule has 0 aromatic heterocycles. The third-order valence-electron chi connectivity index (χ3n) is 1.60. The van der Waals surface area contributed by atoms with Gasteiger partial charge in [-0.15, -0.1) is 0 Å². The zero-order valence-corrected chi connectivity index (χ0v) is 10.00. The molecule has 8 heteroatoms. The fourth-order valence-electron chi connectivity index (χ4n) is 0.764. The number of carboxylic acid groups (broad SMARTS) is 1. The standard InChI is InChI=1S/C7H12N2O4S2/c1-4(10)8(14)3-6(7(12)13)9(15)5(2)11/h6,14-15H,3H2,1-2H3,(H,12,13)/p-1. The van der Waals surface area contributed by atoms with Crippen LogP contribution in [0.1, 0.15) is 13.8 Å². The molecule has 15 heavy (non-hydrogen) atoms. The van der Waals surface area contributed by atoms with Gasteiger partial charge < -0.3 is 9.90 Å². The number of hydrogen-bond acceptors (Lipinski definition) is 6. The van der Waals surface area contributed by atoms with E-state index in [1.807, 2.05) is 0 Å². The molecule has 2 amide bonds. The van der Waals surface area contributed by atoms with Crippen molar-refractivity contribution in [2.45, 2.75) is 19.9 Å². The smallest absolute Gasteiger partial charge is 0.229 e. The van der Waals surface area contributed by atoms with Crippen molar-refractivity contribution in [1.82, 2.24) is 8.61 Å². The first-order chi connectivity index (χ1) is 6.77. The molecule has 0 rings (SSSR count). The second-order valence-electron chi connectivity index (χ2n) is 2.80. The first-order valence-corrected chi connectivity index (χ1v) is 4.74. The van der Waals surface area contributed by atoms with Crippen LogP contribution in [0, 0.1) is 0 Å². The topological polar surface area (TPSA) is 80.8 Å². The second kappa shape index (κ2) is 5.86. The van der Waals surface area contributed by atoms with E-state index in [9.17, 15) is 19.5 Å². The average Bonchev–Trinajstić information content (AvgIpc) is 2.11. The van der Waals surface area contributed by atoms with E-state index in [0.29, 0.717) is 4.31 Å². The first kappa shape index (κ1) is 14.1. The molecule has 0 N–H and O–H groups in total. The van der Waals surface area contributed by atoms with Gasteiger partial charge in [0, 0.05) is 13.8 Å². The predicted molar refractivity (Wildman–Crippen MR) is 56.7 cm³/mol. The summed E-state index contributed by atoms with van der Waals surface area (Å²) in [7, 11) is 0. The Balaban J connectivity index is 4.62. The van der Waals surface area contributed by atoms with Crippen molar-refractivity contribution < 1.29 is 19.5 Å². The lowest BCUT2D eigenvalue weighted by Gasteiger charge is -2.29. The highest BCUT2D eigenvalue weighted by molar-refractivity contribution is 7.78. The summed E-state index contributed by atoms with van der Waals surface area (Å²) in [6, 6.07) is -1.33. The molecule has 6 nitrogen and oxygen atoms in total. The lowest BCUT2D eigenvalue weighted by molar-refractivity contribution is -0.309. The van der Waals surface area contributed by atoms with Crippen LogP contribution in [0.2, 0.25) is 0 Å². The largest absolute Gasteiger partial charge is 0.548 e. The third kappa shape index (κ3) is 4.43. The summed E-state index contributed by atoms with van der Waals surface area (Å²) in [5.74, 6) is -2.49. The zero-order valence-electron chi connectivity index (χ0n) is 8.21. The van der Waals surface area contributed by atoms with Gasteiger partial charge in [-0.3, -0.25) is 18.2 Å². The van der Waals surface area contributed by atoms with Crippen LogP contribution in [0.5, 0.6) is 0 Å². The molecule has 0 aliphatic heterocycles. The summed E-state index contributed by atoms with van der Waals surface area (Å²) < 4.78 is 1.55. The minimum Gasteiger partial charge on any atom is -0.548 e. The molecule has 0 aromatic rings. The van der Waals surface area contributed by atoms with Crippen LogP contribution in [0.25, 0.3) is 0 Å². The molecule has 0 aromatic carbocycles. The normalized spacial score (nSPS) is 11.7. The van der Waals surface area contributed by atoms with Crippen molar-refractivity contribution >= 4 is 43.4 Å². The third-order valence-corrected chi connectivity index (χ3v) is 2.60. The molecular formula is C7H11N2O4S2-. The van der Waals surface area contributed by atoms with Crippen molar-refractivity contribution in [1.29, 1.82) is 0 Å². The van der Waals surface area contributed by atoms with Gasteiger partial charge in [-0.2, -0.15) is 0 Å². The number of carbonyl (C=O) groups excluding carboxylic acids is 3. The number of carboxylic acids is 1. The van der Waals surface area contributed by atoms with Crippen molar-refractivity contribution in [3.05, 3.63) is 0 Å². The molecule has 0 saturated heterocycles. The van der Waals surface area contributed by atoms with Gasteiger partial charge in [0.05, 0.1) is 12.5 Å². The van der Waals surface area contributed by atoms with Crippen LogP contribution >= 0.6 is 25.6 Å². The van der Waals surface area contributed by atoms with Crippen LogP contribution in [0.15, 0.2) is 0 Å². The van der Waals surface area contributed by atoms with E-state index in [1.54, 1.807) is 0 Å². The molecule has 86 valence electrons. The maximum absolute atomic E-state index is 10.9. The van der Waals surface area contributed by atoms with Gasteiger partial charge in [0.2, 0.25) is 11.8 Å². The summed E-state index contributed by atoms with van der Waals surface area (Å²) in [5, 5.41) is 10.7. The van der Waals surface area contributed by atoms with Gasteiger partial charge in [-0.25, -0.2) is 0 Å². The average molecular weight is 251 g/mol. The maximum atomic E-state index is 10.9. The quantitative estimate of drug-likeness (QED) is 0.595. The Morgan fingerprint density at radius 3 is 1.93 bits per heavy atom. The highest BCUT2D eigenvalue weighted by atomic mass is 32.1. The molecule has 1 unspecified atom stereocenters. The van der Waals surface area contributed by atoms with Gasteiger partial charge in [0.15, 0.2) is 0 Å². The van der Waals surface area contributed by atoms with Crippen LogP contribution in [0.4, 0.5) is 0 Å². The molecule has 0 aliphatic rings. The van der Waals surface area contributed by atoms with Gasteiger partial charge in [-0.05, 0) is 0 Å². The molecule has 0 fully saturated rings. The lowest BCUT2D eigenvalue weighted by atomic mass is 10.3. The number of aliphatic carboxylic acids is 1. The minimum atomic E-state index is -1.50. The molecule has 0 bridgehead atoms. The van der Waals surface area contributed by atoms with Crippen LogP contribution in [0.3, 0.4) is 0 Å². The maximum Gasteiger partial charge on any atom is 0.229 e. The van der Waals surface area contributed by atoms with E-state index in [-0.39, 0.29) is 6.54 Å². The Hall–Kier alpha value is -0.890. The van der Waals surface area contributed by atoms with Crippen molar-refractivity contribution in [3.63, 3.8) is 0 Å². The molecule has 0 heterocycles. The second-order valence-corrected chi connectivity index (χ2v) is 3.71. The monoisotopic (exact) mass is 251 g/mol. The van der Waals surface area contributed by atoms with Crippen molar-refractivity contribution in [2.75, 3.05) is 6.54 Å². The number of carbonyl (C=O) groups is 3. The number of rotatable bonds is 4. The zero-order chi connectivity index (χ0) is 12.2. The summed E-state index contributed by atoms with van der Waals surface area (Å²) in [4.78, 5) is 32.4. The van der Waals surface area contributed by atoms with Gasteiger partial charge in [-0.1, -0.05) is 25.6 Å². The molecular weight excluding hydrogens is 240 g/mol. The Labute approximate surface area is 98.3 Å². The van der Waals surface area contributed by atoms with E-state index < -0.39 is 23.8 Å². The summed E-state index contributed by atoms with van der Waals surface area (Å²) >= 11 is 7.44. The Kier molecular flexibility index (Phi) is 5.51. The first-order valence-electron chi connectivity index (χ1n) is 3.94. The molecule has 0 saturated carbocycles. The van der Waals surface area contributed by atoms with E-state index in [2.05, 4.69) is 25.6 Å². The van der Waals surface area contributed by atoms with E-state index >= 15 is 0 Å². The van der Waals surface area contributed by atoms with Crippen LogP contribution in [-0.2, 0) is 14.4 Å². The fourth-order valence-corrected chi connectivity index (χ4v) is 1.09. The predicted octanol–water partition coefficient (Wildman–Crippen LogP) is -1.51. The number of hydrogen-bond donors (Lipinski definition) is 2. The number of amides is 2. The highest BCUT2D eigenvalue weighted by Crippen LogP contribution is 2.07. The van der Waals surface area contributed by atoms with Gasteiger partial charge >= 0.3 is 0 Å². The van der Waals surface area contributed by atoms with Crippen molar-refractivity contribution in [2.24, 2.45) is 0 Å². The number of nitrogens with zero attached hydrogens (tertiary/aromatic N) is 2. The SMILES string of the molecule is CC(=O)N(S)CC(C(=O)[O-])N(S)C(C)=O. The molecule has 0 spiro atoms.